The van der Waals surface area contributed by atoms with Crippen LogP contribution in [0.15, 0.2) is 12.4 Å². The number of carbonyl (C=O) groups excluding carboxylic acids is 1. The summed E-state index contributed by atoms with van der Waals surface area (Å²) in [7, 11) is 1.92. The summed E-state index contributed by atoms with van der Waals surface area (Å²) >= 11 is 0. The molecule has 0 atom stereocenters. The van der Waals surface area contributed by atoms with Gasteiger partial charge in [0.25, 0.3) is 0 Å². The number of aromatic nitrogens is 2. The number of nitrogens with zero attached hydrogens (tertiary/aromatic N) is 4. The van der Waals surface area contributed by atoms with Gasteiger partial charge in [-0.25, -0.2) is 9.97 Å². The molecule has 2 rings (SSSR count). The highest BCUT2D eigenvalue weighted by Crippen LogP contribution is 2.15. The summed E-state index contributed by atoms with van der Waals surface area (Å²) in [5.41, 5.74) is 0. The first-order valence-corrected chi connectivity index (χ1v) is 6.48. The number of rotatable bonds is 6. The van der Waals surface area contributed by atoms with Crippen molar-refractivity contribution in [1.82, 2.24) is 20.2 Å². The van der Waals surface area contributed by atoms with Gasteiger partial charge in [0.1, 0.15) is 18.0 Å². The summed E-state index contributed by atoms with van der Waals surface area (Å²) in [5.74, 6) is 1.74. The van der Waals surface area contributed by atoms with Gasteiger partial charge in [-0.05, 0) is 7.05 Å². The van der Waals surface area contributed by atoms with Gasteiger partial charge in [0.05, 0.1) is 0 Å². The van der Waals surface area contributed by atoms with Gasteiger partial charge in [-0.3, -0.25) is 4.79 Å². The number of piperazine rings is 1. The molecule has 1 aliphatic heterocycles. The lowest BCUT2D eigenvalue weighted by atomic mass is 10.3. The molecule has 1 fully saturated rings. The Labute approximate surface area is 113 Å². The first-order valence-electron chi connectivity index (χ1n) is 6.48. The molecule has 0 spiro atoms. The van der Waals surface area contributed by atoms with Crippen LogP contribution in [-0.4, -0.2) is 67.6 Å². The van der Waals surface area contributed by atoms with Crippen molar-refractivity contribution in [3.05, 3.63) is 12.4 Å². The summed E-state index contributed by atoms with van der Waals surface area (Å²) in [6, 6.07) is 1.95. The average molecular weight is 264 g/mol. The van der Waals surface area contributed by atoms with Crippen molar-refractivity contribution in [3.63, 3.8) is 0 Å². The minimum atomic E-state index is 0.746. The van der Waals surface area contributed by atoms with Crippen molar-refractivity contribution in [2.45, 2.75) is 0 Å². The molecular formula is C12H20N6O. The summed E-state index contributed by atoms with van der Waals surface area (Å²) in [4.78, 5) is 23.1. The zero-order chi connectivity index (χ0) is 13.5. The molecule has 2 heterocycles. The molecule has 1 amide bonds. The maximum atomic E-state index is 10.7. The van der Waals surface area contributed by atoms with E-state index in [9.17, 15) is 4.79 Å². The molecule has 2 N–H and O–H groups in total. The van der Waals surface area contributed by atoms with Crippen molar-refractivity contribution in [1.29, 1.82) is 0 Å². The maximum Gasteiger partial charge on any atom is 0.209 e. The molecule has 0 unspecified atom stereocenters. The van der Waals surface area contributed by atoms with Crippen molar-refractivity contribution < 1.29 is 4.79 Å². The standard InChI is InChI=1S/C12H20N6O/c1-13-2-3-14-11-8-12(16-9-15-11)18-6-4-17(10-19)5-7-18/h8-10,13H,2-7H2,1H3,(H,14,15,16). The minimum Gasteiger partial charge on any atom is -0.369 e. The molecule has 0 saturated carbocycles. The predicted molar refractivity (Wildman–Crippen MR) is 74.3 cm³/mol. The summed E-state index contributed by atoms with van der Waals surface area (Å²) in [6.07, 6.45) is 2.48. The maximum absolute atomic E-state index is 10.7. The van der Waals surface area contributed by atoms with E-state index in [0.717, 1.165) is 57.3 Å². The average Bonchev–Trinajstić information content (AvgIpc) is 2.48. The van der Waals surface area contributed by atoms with Crippen LogP contribution in [0.25, 0.3) is 0 Å². The van der Waals surface area contributed by atoms with Crippen LogP contribution in [0.4, 0.5) is 11.6 Å². The van der Waals surface area contributed by atoms with E-state index < -0.39 is 0 Å². The van der Waals surface area contributed by atoms with Crippen LogP contribution < -0.4 is 15.5 Å². The van der Waals surface area contributed by atoms with E-state index in [1.807, 2.05) is 13.1 Å². The number of carbonyl (C=O) groups is 1. The van der Waals surface area contributed by atoms with Crippen molar-refractivity contribution in [3.8, 4) is 0 Å². The summed E-state index contributed by atoms with van der Waals surface area (Å²) < 4.78 is 0. The van der Waals surface area contributed by atoms with E-state index in [1.54, 1.807) is 11.2 Å². The van der Waals surface area contributed by atoms with E-state index in [-0.39, 0.29) is 0 Å². The van der Waals surface area contributed by atoms with Gasteiger partial charge in [0.2, 0.25) is 6.41 Å². The van der Waals surface area contributed by atoms with Crippen LogP contribution >= 0.6 is 0 Å². The lowest BCUT2D eigenvalue weighted by molar-refractivity contribution is -0.118. The van der Waals surface area contributed by atoms with Crippen molar-refractivity contribution in [2.24, 2.45) is 0 Å². The van der Waals surface area contributed by atoms with Crippen LogP contribution in [0.3, 0.4) is 0 Å². The Morgan fingerprint density at radius 3 is 2.74 bits per heavy atom. The lowest BCUT2D eigenvalue weighted by Gasteiger charge is -2.33. The summed E-state index contributed by atoms with van der Waals surface area (Å²) in [5, 5.41) is 6.31. The molecule has 19 heavy (non-hydrogen) atoms. The second-order valence-corrected chi connectivity index (χ2v) is 4.42. The van der Waals surface area contributed by atoms with Crippen LogP contribution in [-0.2, 0) is 4.79 Å². The predicted octanol–water partition coefficient (Wildman–Crippen LogP) is -0.614. The van der Waals surface area contributed by atoms with Crippen LogP contribution in [0.5, 0.6) is 0 Å². The molecule has 0 bridgehead atoms. The van der Waals surface area contributed by atoms with Gasteiger partial charge in [0, 0.05) is 45.3 Å². The van der Waals surface area contributed by atoms with E-state index in [1.165, 1.54) is 0 Å². The quantitative estimate of drug-likeness (QED) is 0.527. The van der Waals surface area contributed by atoms with Gasteiger partial charge in [0.15, 0.2) is 0 Å². The fourth-order valence-electron chi connectivity index (χ4n) is 1.99. The normalized spacial score (nSPS) is 15.4. The molecule has 7 heteroatoms. The molecule has 0 aromatic carbocycles. The third-order valence-electron chi connectivity index (χ3n) is 3.12. The second-order valence-electron chi connectivity index (χ2n) is 4.42. The fraction of sp³-hybridized carbons (Fsp3) is 0.583. The van der Waals surface area contributed by atoms with E-state index in [0.29, 0.717) is 0 Å². The third kappa shape index (κ3) is 3.78. The highest BCUT2D eigenvalue weighted by atomic mass is 16.1. The lowest BCUT2D eigenvalue weighted by Crippen LogP contribution is -2.46. The molecule has 0 radical (unpaired) electrons. The Morgan fingerprint density at radius 2 is 2.05 bits per heavy atom. The highest BCUT2D eigenvalue weighted by Gasteiger charge is 2.16. The van der Waals surface area contributed by atoms with Gasteiger partial charge in [-0.1, -0.05) is 0 Å². The van der Waals surface area contributed by atoms with Gasteiger partial charge in [-0.15, -0.1) is 0 Å². The van der Waals surface area contributed by atoms with E-state index in [4.69, 9.17) is 0 Å². The zero-order valence-corrected chi connectivity index (χ0v) is 11.2. The molecule has 1 aromatic heterocycles. The monoisotopic (exact) mass is 264 g/mol. The Balaban J connectivity index is 1.93. The van der Waals surface area contributed by atoms with E-state index in [2.05, 4.69) is 25.5 Å². The molecule has 0 aliphatic carbocycles. The SMILES string of the molecule is CNCCNc1cc(N2CCN(C=O)CC2)ncn1. The topological polar surface area (TPSA) is 73.4 Å². The number of anilines is 2. The largest absolute Gasteiger partial charge is 0.369 e. The van der Waals surface area contributed by atoms with Gasteiger partial charge >= 0.3 is 0 Å². The minimum absolute atomic E-state index is 0.746. The van der Waals surface area contributed by atoms with E-state index >= 15 is 0 Å². The van der Waals surface area contributed by atoms with Crippen molar-refractivity contribution in [2.75, 3.05) is 56.5 Å². The number of amides is 1. The second kappa shape index (κ2) is 6.89. The molecule has 7 nitrogen and oxygen atoms in total. The number of hydrogen-bond donors (Lipinski definition) is 2. The highest BCUT2D eigenvalue weighted by molar-refractivity contribution is 5.51. The molecule has 1 aromatic rings. The first-order chi connectivity index (χ1) is 9.33. The summed E-state index contributed by atoms with van der Waals surface area (Å²) in [6.45, 7) is 4.83. The van der Waals surface area contributed by atoms with Crippen LogP contribution in [0, 0.1) is 0 Å². The molecule has 1 aliphatic rings. The van der Waals surface area contributed by atoms with Gasteiger partial charge < -0.3 is 20.4 Å². The Bertz CT molecular complexity index is 405. The third-order valence-corrected chi connectivity index (χ3v) is 3.12. The number of nitrogens with one attached hydrogen (secondary N) is 2. The Hall–Kier alpha value is -1.89. The molecule has 104 valence electrons. The van der Waals surface area contributed by atoms with Crippen LogP contribution in [0.2, 0.25) is 0 Å². The molecular weight excluding hydrogens is 244 g/mol. The van der Waals surface area contributed by atoms with Crippen LogP contribution in [0.1, 0.15) is 0 Å². The number of likely N-dealkylation sites (N-methyl/N-ethyl adjacent to an activating group) is 1. The zero-order valence-electron chi connectivity index (χ0n) is 11.2. The Kier molecular flexibility index (Phi) is 4.91. The fourth-order valence-corrected chi connectivity index (χ4v) is 1.99. The first kappa shape index (κ1) is 13.5. The Morgan fingerprint density at radius 1 is 1.26 bits per heavy atom. The smallest absolute Gasteiger partial charge is 0.209 e. The van der Waals surface area contributed by atoms with Gasteiger partial charge in [-0.2, -0.15) is 0 Å². The molecule has 1 saturated heterocycles. The number of hydrogen-bond acceptors (Lipinski definition) is 6. The van der Waals surface area contributed by atoms with Crippen molar-refractivity contribution >= 4 is 18.0 Å².